The van der Waals surface area contributed by atoms with Crippen LogP contribution >= 0.6 is 11.6 Å². The van der Waals surface area contributed by atoms with Crippen molar-refractivity contribution >= 4 is 23.4 Å². The van der Waals surface area contributed by atoms with E-state index < -0.39 is 6.04 Å². The number of aryl methyl sites for hydroxylation is 1. The molecule has 0 radical (unpaired) electrons. The maximum atomic E-state index is 13.6. The normalized spacial score (nSPS) is 11.6. The Hall–Kier alpha value is -3.11. The van der Waals surface area contributed by atoms with Crippen LogP contribution in [0.4, 0.5) is 0 Å². The highest BCUT2D eigenvalue weighted by Crippen LogP contribution is 2.19. The lowest BCUT2D eigenvalue weighted by molar-refractivity contribution is -0.140. The van der Waals surface area contributed by atoms with Crippen LogP contribution in [0.5, 0.6) is 0 Å². The molecule has 0 aromatic heterocycles. The second kappa shape index (κ2) is 11.5. The number of rotatable bonds is 9. The second-order valence-electron chi connectivity index (χ2n) is 7.92. The Morgan fingerprint density at radius 3 is 2.28 bits per heavy atom. The molecule has 0 aliphatic heterocycles. The van der Waals surface area contributed by atoms with Crippen molar-refractivity contribution in [2.45, 2.75) is 39.3 Å². The predicted molar refractivity (Wildman–Crippen MR) is 130 cm³/mol. The van der Waals surface area contributed by atoms with Crippen molar-refractivity contribution in [2.24, 2.45) is 0 Å². The first kappa shape index (κ1) is 23.6. The minimum atomic E-state index is -0.631. The Morgan fingerprint density at radius 2 is 1.59 bits per heavy atom. The molecule has 4 nitrogen and oxygen atoms in total. The van der Waals surface area contributed by atoms with Gasteiger partial charge in [-0.3, -0.25) is 9.59 Å². The number of benzene rings is 3. The summed E-state index contributed by atoms with van der Waals surface area (Å²) < 4.78 is 0. The SMILES string of the molecule is CCNC(=O)[C@@H](Cc1ccccc1)N(Cc1cccc(Cl)c1)C(=O)Cc1cccc(C)c1. The summed E-state index contributed by atoms with van der Waals surface area (Å²) in [6.45, 7) is 4.69. The van der Waals surface area contributed by atoms with Gasteiger partial charge in [0.1, 0.15) is 6.04 Å². The van der Waals surface area contributed by atoms with Gasteiger partial charge in [-0.05, 0) is 42.7 Å². The van der Waals surface area contributed by atoms with Gasteiger partial charge in [0, 0.05) is 24.5 Å². The van der Waals surface area contributed by atoms with Crippen LogP contribution in [0.3, 0.4) is 0 Å². The number of likely N-dealkylation sites (N-methyl/N-ethyl adjacent to an activating group) is 1. The Balaban J connectivity index is 1.95. The van der Waals surface area contributed by atoms with Gasteiger partial charge < -0.3 is 10.2 Å². The largest absolute Gasteiger partial charge is 0.355 e. The Bertz CT molecular complexity index is 1050. The molecule has 3 aromatic carbocycles. The quantitative estimate of drug-likeness (QED) is 0.502. The Kier molecular flexibility index (Phi) is 8.46. The van der Waals surface area contributed by atoms with Crippen molar-refractivity contribution < 1.29 is 9.59 Å². The van der Waals surface area contributed by atoms with Gasteiger partial charge in [0.2, 0.25) is 11.8 Å². The number of nitrogens with one attached hydrogen (secondary N) is 1. The van der Waals surface area contributed by atoms with Crippen LogP contribution in [0.1, 0.15) is 29.2 Å². The highest BCUT2D eigenvalue weighted by atomic mass is 35.5. The van der Waals surface area contributed by atoms with E-state index in [4.69, 9.17) is 11.6 Å². The lowest BCUT2D eigenvalue weighted by Gasteiger charge is -2.31. The van der Waals surface area contributed by atoms with E-state index in [0.29, 0.717) is 24.5 Å². The summed E-state index contributed by atoms with van der Waals surface area (Å²) in [4.78, 5) is 28.4. The molecule has 0 fully saturated rings. The highest BCUT2D eigenvalue weighted by Gasteiger charge is 2.30. The van der Waals surface area contributed by atoms with E-state index in [1.54, 1.807) is 11.0 Å². The molecular weight excluding hydrogens is 420 g/mol. The molecule has 0 saturated heterocycles. The van der Waals surface area contributed by atoms with E-state index in [-0.39, 0.29) is 18.2 Å². The zero-order valence-electron chi connectivity index (χ0n) is 18.6. The molecule has 0 aliphatic rings. The fourth-order valence-corrected chi connectivity index (χ4v) is 3.99. The van der Waals surface area contributed by atoms with Crippen LogP contribution in [-0.2, 0) is 29.0 Å². The molecule has 5 heteroatoms. The maximum absolute atomic E-state index is 13.6. The van der Waals surface area contributed by atoms with Gasteiger partial charge in [-0.1, -0.05) is 83.9 Å². The molecule has 166 valence electrons. The highest BCUT2D eigenvalue weighted by molar-refractivity contribution is 6.30. The number of hydrogen-bond acceptors (Lipinski definition) is 2. The van der Waals surface area contributed by atoms with Crippen molar-refractivity contribution in [3.8, 4) is 0 Å². The Labute approximate surface area is 195 Å². The third-order valence-electron chi connectivity index (χ3n) is 5.30. The van der Waals surface area contributed by atoms with Crippen LogP contribution in [0.25, 0.3) is 0 Å². The molecule has 1 N–H and O–H groups in total. The smallest absolute Gasteiger partial charge is 0.243 e. The van der Waals surface area contributed by atoms with E-state index >= 15 is 0 Å². The van der Waals surface area contributed by atoms with Gasteiger partial charge in [0.25, 0.3) is 0 Å². The third kappa shape index (κ3) is 6.69. The molecule has 1 atom stereocenters. The molecule has 0 saturated carbocycles. The summed E-state index contributed by atoms with van der Waals surface area (Å²) in [7, 11) is 0. The zero-order chi connectivity index (χ0) is 22.9. The first-order chi connectivity index (χ1) is 15.5. The van der Waals surface area contributed by atoms with Crippen LogP contribution in [-0.4, -0.2) is 29.3 Å². The molecule has 0 heterocycles. The van der Waals surface area contributed by atoms with E-state index in [1.807, 2.05) is 86.6 Å². The summed E-state index contributed by atoms with van der Waals surface area (Å²) in [5, 5.41) is 3.52. The number of amides is 2. The number of nitrogens with zero attached hydrogens (tertiary/aromatic N) is 1. The van der Waals surface area contributed by atoms with Gasteiger partial charge >= 0.3 is 0 Å². The van der Waals surface area contributed by atoms with Crippen LogP contribution in [0.15, 0.2) is 78.9 Å². The molecule has 2 amide bonds. The van der Waals surface area contributed by atoms with E-state index in [9.17, 15) is 9.59 Å². The number of halogens is 1. The van der Waals surface area contributed by atoms with Crippen LogP contribution < -0.4 is 5.32 Å². The van der Waals surface area contributed by atoms with Crippen molar-refractivity contribution in [3.05, 3.63) is 106 Å². The number of carbonyl (C=O) groups is 2. The zero-order valence-corrected chi connectivity index (χ0v) is 19.3. The summed E-state index contributed by atoms with van der Waals surface area (Å²) in [5.41, 5.74) is 3.92. The van der Waals surface area contributed by atoms with Crippen molar-refractivity contribution in [3.63, 3.8) is 0 Å². The van der Waals surface area contributed by atoms with E-state index in [2.05, 4.69) is 5.32 Å². The predicted octanol–water partition coefficient (Wildman–Crippen LogP) is 4.97. The topological polar surface area (TPSA) is 49.4 Å². The van der Waals surface area contributed by atoms with Crippen molar-refractivity contribution in [2.75, 3.05) is 6.54 Å². The molecule has 0 spiro atoms. The minimum Gasteiger partial charge on any atom is -0.355 e. The fraction of sp³-hybridized carbons (Fsp3) is 0.259. The van der Waals surface area contributed by atoms with Gasteiger partial charge in [-0.15, -0.1) is 0 Å². The number of carbonyl (C=O) groups excluding carboxylic acids is 2. The van der Waals surface area contributed by atoms with Gasteiger partial charge in [-0.2, -0.15) is 0 Å². The molecule has 3 aromatic rings. The monoisotopic (exact) mass is 448 g/mol. The Morgan fingerprint density at radius 1 is 0.906 bits per heavy atom. The first-order valence-corrected chi connectivity index (χ1v) is 11.2. The standard InChI is InChI=1S/C27H29ClN2O2/c1-3-29-27(32)25(17-21-10-5-4-6-11-21)30(19-23-13-8-14-24(28)16-23)26(31)18-22-12-7-9-20(2)15-22/h4-16,25H,3,17-19H2,1-2H3,(H,29,32)/t25-/m1/s1. The average Bonchev–Trinajstić information content (AvgIpc) is 2.77. The number of hydrogen-bond donors (Lipinski definition) is 1. The second-order valence-corrected chi connectivity index (χ2v) is 8.35. The third-order valence-corrected chi connectivity index (χ3v) is 5.54. The van der Waals surface area contributed by atoms with Crippen molar-refractivity contribution in [1.82, 2.24) is 10.2 Å². The van der Waals surface area contributed by atoms with Gasteiger partial charge in [-0.25, -0.2) is 0 Å². The summed E-state index contributed by atoms with van der Waals surface area (Å²) >= 11 is 6.19. The van der Waals surface area contributed by atoms with Crippen LogP contribution in [0.2, 0.25) is 5.02 Å². The summed E-state index contributed by atoms with van der Waals surface area (Å²) in [6.07, 6.45) is 0.666. The van der Waals surface area contributed by atoms with E-state index in [1.165, 1.54) is 0 Å². The fourth-order valence-electron chi connectivity index (χ4n) is 3.78. The molecule has 32 heavy (non-hydrogen) atoms. The molecule has 3 rings (SSSR count). The summed E-state index contributed by atoms with van der Waals surface area (Å²) in [5.74, 6) is -0.251. The van der Waals surface area contributed by atoms with Gasteiger partial charge in [0.15, 0.2) is 0 Å². The van der Waals surface area contributed by atoms with Crippen LogP contribution in [0, 0.1) is 6.92 Å². The lowest BCUT2D eigenvalue weighted by Crippen LogP contribution is -2.50. The van der Waals surface area contributed by atoms with Crippen molar-refractivity contribution in [1.29, 1.82) is 0 Å². The van der Waals surface area contributed by atoms with Gasteiger partial charge in [0.05, 0.1) is 6.42 Å². The minimum absolute atomic E-state index is 0.0947. The molecule has 0 aliphatic carbocycles. The van der Waals surface area contributed by atoms with E-state index in [0.717, 1.165) is 22.3 Å². The first-order valence-electron chi connectivity index (χ1n) is 10.9. The maximum Gasteiger partial charge on any atom is 0.243 e. The molecule has 0 unspecified atom stereocenters. The molecular formula is C27H29ClN2O2. The molecule has 0 bridgehead atoms. The lowest BCUT2D eigenvalue weighted by atomic mass is 10.0. The average molecular weight is 449 g/mol. The summed E-state index contributed by atoms with van der Waals surface area (Å²) in [6, 6.07) is 24.5.